The van der Waals surface area contributed by atoms with E-state index in [0.29, 0.717) is 33.9 Å². The highest BCUT2D eigenvalue weighted by Crippen LogP contribution is 2.38. The number of aromatic nitrogens is 1. The predicted octanol–water partition coefficient (Wildman–Crippen LogP) is 4.24. The number of nitrogens with zero attached hydrogens (tertiary/aromatic N) is 1. The lowest BCUT2D eigenvalue weighted by Gasteiger charge is -2.10. The van der Waals surface area contributed by atoms with Crippen LogP contribution in [0.15, 0.2) is 60.6 Å². The van der Waals surface area contributed by atoms with Crippen molar-refractivity contribution in [2.45, 2.75) is 6.92 Å². The van der Waals surface area contributed by atoms with Crippen LogP contribution in [0.5, 0.6) is 23.0 Å². The van der Waals surface area contributed by atoms with Crippen LogP contribution in [0.4, 0.5) is 0 Å². The lowest BCUT2D eigenvalue weighted by atomic mass is 10.0. The molecule has 0 radical (unpaired) electrons. The van der Waals surface area contributed by atoms with Gasteiger partial charge in [0.05, 0.1) is 25.3 Å². The summed E-state index contributed by atoms with van der Waals surface area (Å²) < 4.78 is 21.7. The first-order chi connectivity index (χ1) is 15.0. The normalized spacial score (nSPS) is 13.5. The maximum Gasteiger partial charge on any atom is 0.343 e. The number of hydrogen-bond donors (Lipinski definition) is 0. The largest absolute Gasteiger partial charge is 0.493 e. The van der Waals surface area contributed by atoms with E-state index in [2.05, 4.69) is 4.98 Å². The molecule has 31 heavy (non-hydrogen) atoms. The van der Waals surface area contributed by atoms with Crippen molar-refractivity contribution < 1.29 is 28.5 Å². The molecule has 0 N–H and O–H groups in total. The fourth-order valence-corrected chi connectivity index (χ4v) is 3.28. The highest BCUT2D eigenvalue weighted by molar-refractivity contribution is 6.15. The third-order valence-electron chi connectivity index (χ3n) is 4.78. The molecule has 0 bridgehead atoms. The molecule has 0 amide bonds. The van der Waals surface area contributed by atoms with E-state index in [-0.39, 0.29) is 17.3 Å². The molecule has 7 nitrogen and oxygen atoms in total. The van der Waals surface area contributed by atoms with Gasteiger partial charge in [-0.2, -0.15) is 0 Å². The van der Waals surface area contributed by atoms with Crippen LogP contribution in [0.3, 0.4) is 0 Å². The van der Waals surface area contributed by atoms with Crippen LogP contribution in [0, 0.1) is 6.92 Å². The van der Waals surface area contributed by atoms with Crippen molar-refractivity contribution >= 4 is 17.8 Å². The van der Waals surface area contributed by atoms with Gasteiger partial charge in [0.15, 0.2) is 17.3 Å². The van der Waals surface area contributed by atoms with Crippen molar-refractivity contribution in [1.29, 1.82) is 0 Å². The highest BCUT2D eigenvalue weighted by Gasteiger charge is 2.30. The van der Waals surface area contributed by atoms with Gasteiger partial charge in [0, 0.05) is 18.5 Å². The van der Waals surface area contributed by atoms with Gasteiger partial charge in [-0.1, -0.05) is 0 Å². The van der Waals surface area contributed by atoms with E-state index in [9.17, 15) is 9.59 Å². The van der Waals surface area contributed by atoms with Crippen molar-refractivity contribution in [3.63, 3.8) is 0 Å². The molecule has 156 valence electrons. The summed E-state index contributed by atoms with van der Waals surface area (Å²) in [6.45, 7) is 1.77. The van der Waals surface area contributed by atoms with Crippen LogP contribution in [-0.4, -0.2) is 31.0 Å². The monoisotopic (exact) mass is 417 g/mol. The predicted molar refractivity (Wildman–Crippen MR) is 113 cm³/mol. The minimum Gasteiger partial charge on any atom is -0.493 e. The summed E-state index contributed by atoms with van der Waals surface area (Å²) in [5.41, 5.74) is 2.19. The zero-order valence-electron chi connectivity index (χ0n) is 17.2. The molecular weight excluding hydrogens is 398 g/mol. The molecule has 0 spiro atoms. The van der Waals surface area contributed by atoms with E-state index in [1.54, 1.807) is 55.7 Å². The summed E-state index contributed by atoms with van der Waals surface area (Å²) >= 11 is 0. The number of Topliss-reactive ketones (excluding diaryl/α,β-unsaturated/α-hetero) is 1. The second-order valence-corrected chi connectivity index (χ2v) is 6.79. The number of aryl methyl sites for hydroxylation is 1. The van der Waals surface area contributed by atoms with Gasteiger partial charge < -0.3 is 18.9 Å². The minimum absolute atomic E-state index is 0.202. The SMILES string of the molecule is COc1ccc(C(=O)Oc2cc(C)c3c(c2)OC(=Cc2ccncc2)C3=O)cc1OC. The zero-order valence-corrected chi connectivity index (χ0v) is 17.2. The second-order valence-electron chi connectivity index (χ2n) is 6.79. The molecule has 2 heterocycles. The van der Waals surface area contributed by atoms with Crippen LogP contribution in [0.2, 0.25) is 0 Å². The quantitative estimate of drug-likeness (QED) is 0.349. The van der Waals surface area contributed by atoms with Crippen molar-refractivity contribution in [1.82, 2.24) is 4.98 Å². The van der Waals surface area contributed by atoms with E-state index in [1.807, 2.05) is 0 Å². The molecule has 7 heteroatoms. The fraction of sp³-hybridized carbons (Fsp3) is 0.125. The first-order valence-corrected chi connectivity index (χ1v) is 9.43. The molecule has 1 aliphatic heterocycles. The Hall–Kier alpha value is -4.13. The van der Waals surface area contributed by atoms with Crippen LogP contribution in [0.1, 0.15) is 31.8 Å². The number of methoxy groups -OCH3 is 2. The first-order valence-electron chi connectivity index (χ1n) is 9.43. The summed E-state index contributed by atoms with van der Waals surface area (Å²) in [6, 6.07) is 11.5. The number of hydrogen-bond acceptors (Lipinski definition) is 7. The summed E-state index contributed by atoms with van der Waals surface area (Å²) in [5, 5.41) is 0. The van der Waals surface area contributed by atoms with Crippen LogP contribution in [-0.2, 0) is 0 Å². The lowest BCUT2D eigenvalue weighted by molar-refractivity contribution is 0.0734. The van der Waals surface area contributed by atoms with Gasteiger partial charge in [0.25, 0.3) is 0 Å². The molecule has 4 rings (SSSR count). The van der Waals surface area contributed by atoms with E-state index in [1.165, 1.54) is 26.4 Å². The van der Waals surface area contributed by atoms with Gasteiger partial charge in [-0.3, -0.25) is 9.78 Å². The number of ether oxygens (including phenoxy) is 4. The van der Waals surface area contributed by atoms with E-state index in [0.717, 1.165) is 5.56 Å². The van der Waals surface area contributed by atoms with Gasteiger partial charge in [-0.25, -0.2) is 4.79 Å². The van der Waals surface area contributed by atoms with Crippen molar-refractivity contribution in [2.24, 2.45) is 0 Å². The molecule has 1 aromatic heterocycles. The number of carbonyl (C=O) groups excluding carboxylic acids is 2. The smallest absolute Gasteiger partial charge is 0.343 e. The number of esters is 1. The number of fused-ring (bicyclic) bond motifs is 1. The molecule has 0 aliphatic carbocycles. The molecule has 2 aromatic carbocycles. The molecule has 0 atom stereocenters. The van der Waals surface area contributed by atoms with Gasteiger partial charge in [-0.05, 0) is 60.5 Å². The van der Waals surface area contributed by atoms with Gasteiger partial charge in [-0.15, -0.1) is 0 Å². The number of benzene rings is 2. The average molecular weight is 417 g/mol. The highest BCUT2D eigenvalue weighted by atomic mass is 16.5. The second kappa shape index (κ2) is 8.31. The zero-order chi connectivity index (χ0) is 22.0. The molecule has 3 aromatic rings. The van der Waals surface area contributed by atoms with Gasteiger partial charge in [0.1, 0.15) is 11.5 Å². The Kier molecular flexibility index (Phi) is 5.41. The Balaban J connectivity index is 1.59. The van der Waals surface area contributed by atoms with Crippen LogP contribution >= 0.6 is 0 Å². The summed E-state index contributed by atoms with van der Waals surface area (Å²) in [7, 11) is 3.00. The standard InChI is InChI=1S/C24H19NO6/c1-14-10-17(30-24(27)16-4-5-18(28-2)19(12-16)29-3)13-20-22(14)23(26)21(31-20)11-15-6-8-25-9-7-15/h4-13H,1-3H3. The minimum atomic E-state index is -0.572. The van der Waals surface area contributed by atoms with Crippen molar-refractivity contribution in [2.75, 3.05) is 14.2 Å². The van der Waals surface area contributed by atoms with Crippen LogP contribution in [0.25, 0.3) is 6.08 Å². The number of rotatable bonds is 5. The Bertz CT molecular complexity index is 1200. The number of ketones is 1. The molecule has 0 unspecified atom stereocenters. The van der Waals surface area contributed by atoms with E-state index < -0.39 is 5.97 Å². The maximum absolute atomic E-state index is 12.8. The summed E-state index contributed by atoms with van der Waals surface area (Å²) in [6.07, 6.45) is 4.92. The number of pyridine rings is 1. The van der Waals surface area contributed by atoms with E-state index in [4.69, 9.17) is 18.9 Å². The van der Waals surface area contributed by atoms with Crippen LogP contribution < -0.4 is 18.9 Å². The molecule has 0 fully saturated rings. The third-order valence-corrected chi connectivity index (χ3v) is 4.78. The number of allylic oxidation sites excluding steroid dienone is 1. The number of carbonyl (C=O) groups is 2. The molecule has 1 aliphatic rings. The third kappa shape index (κ3) is 3.98. The van der Waals surface area contributed by atoms with Crippen molar-refractivity contribution in [3.8, 4) is 23.0 Å². The maximum atomic E-state index is 12.8. The lowest BCUT2D eigenvalue weighted by Crippen LogP contribution is -2.09. The van der Waals surface area contributed by atoms with E-state index >= 15 is 0 Å². The Morgan fingerprint density at radius 3 is 2.45 bits per heavy atom. The molecule has 0 saturated carbocycles. The topological polar surface area (TPSA) is 84.0 Å². The Morgan fingerprint density at radius 1 is 1.00 bits per heavy atom. The molecular formula is C24H19NO6. The summed E-state index contributed by atoms with van der Waals surface area (Å²) in [5.74, 6) is 0.955. The van der Waals surface area contributed by atoms with Gasteiger partial charge >= 0.3 is 5.97 Å². The van der Waals surface area contributed by atoms with Gasteiger partial charge in [0.2, 0.25) is 5.78 Å². The Labute approximate surface area is 178 Å². The Morgan fingerprint density at radius 2 is 1.74 bits per heavy atom. The average Bonchev–Trinajstić information content (AvgIpc) is 3.09. The summed E-state index contributed by atoms with van der Waals surface area (Å²) in [4.78, 5) is 29.3. The fourth-order valence-electron chi connectivity index (χ4n) is 3.28. The molecule has 0 saturated heterocycles. The van der Waals surface area contributed by atoms with Crippen molar-refractivity contribution in [3.05, 3.63) is 82.9 Å². The first kappa shape index (κ1) is 20.2.